The number of hydrogen-bond donors (Lipinski definition) is 0. The summed E-state index contributed by atoms with van der Waals surface area (Å²) in [6.45, 7) is 8.77. The van der Waals surface area contributed by atoms with Crippen LogP contribution in [0.25, 0.3) is 0 Å². The summed E-state index contributed by atoms with van der Waals surface area (Å²) in [4.78, 5) is 14.5. The summed E-state index contributed by atoms with van der Waals surface area (Å²) in [6, 6.07) is 14.4. The number of rotatable bonds is 5. The van der Waals surface area contributed by atoms with Crippen molar-refractivity contribution in [3.8, 4) is 0 Å². The quantitative estimate of drug-likeness (QED) is 0.550. The predicted molar refractivity (Wildman–Crippen MR) is 114 cm³/mol. The Morgan fingerprint density at radius 1 is 1.11 bits per heavy atom. The lowest BCUT2D eigenvalue weighted by Crippen LogP contribution is -2.31. The molecular formula is C22H25N3OS. The molecule has 0 spiro atoms. The van der Waals surface area contributed by atoms with Crippen molar-refractivity contribution in [2.45, 2.75) is 45.9 Å². The third-order valence-corrected chi connectivity index (χ3v) is 6.08. The lowest BCUT2D eigenvalue weighted by Gasteiger charge is -2.17. The second kappa shape index (κ2) is 8.53. The van der Waals surface area contributed by atoms with Gasteiger partial charge in [-0.05, 0) is 49.4 Å². The molecule has 1 amide bonds. The molecule has 0 N–H and O–H groups in total. The summed E-state index contributed by atoms with van der Waals surface area (Å²) < 4.78 is 0. The topological polar surface area (TPSA) is 45.0 Å². The van der Waals surface area contributed by atoms with Crippen molar-refractivity contribution in [1.82, 2.24) is 4.90 Å². The van der Waals surface area contributed by atoms with Crippen molar-refractivity contribution in [3.63, 3.8) is 0 Å². The van der Waals surface area contributed by atoms with Gasteiger partial charge in [0.25, 0.3) is 0 Å². The first kappa shape index (κ1) is 19.4. The maximum atomic E-state index is 12.8. The first-order valence-corrected chi connectivity index (χ1v) is 10.1. The van der Waals surface area contributed by atoms with Gasteiger partial charge in [-0.1, -0.05) is 66.7 Å². The van der Waals surface area contributed by atoms with Gasteiger partial charge in [0.15, 0.2) is 5.17 Å². The molecule has 2 aromatic carbocycles. The molecule has 140 valence electrons. The molecule has 0 unspecified atom stereocenters. The molecule has 4 nitrogen and oxygen atoms in total. The van der Waals surface area contributed by atoms with E-state index in [1.807, 2.05) is 25.1 Å². The number of amides is 1. The average Bonchev–Trinajstić information content (AvgIpc) is 2.94. The third-order valence-electron chi connectivity index (χ3n) is 4.75. The minimum Gasteiger partial charge on any atom is -0.284 e. The van der Waals surface area contributed by atoms with E-state index in [0.29, 0.717) is 11.7 Å². The lowest BCUT2D eigenvalue weighted by atomic mass is 10.1. The van der Waals surface area contributed by atoms with Crippen LogP contribution in [0.3, 0.4) is 0 Å². The van der Waals surface area contributed by atoms with Gasteiger partial charge in [0.1, 0.15) is 0 Å². The highest BCUT2D eigenvalue weighted by Gasteiger charge is 2.37. The van der Waals surface area contributed by atoms with Crippen LogP contribution in [-0.2, 0) is 11.3 Å². The molecule has 5 heteroatoms. The van der Waals surface area contributed by atoms with Crippen molar-refractivity contribution >= 4 is 29.1 Å². The summed E-state index contributed by atoms with van der Waals surface area (Å²) >= 11 is 1.51. The van der Waals surface area contributed by atoms with Gasteiger partial charge in [-0.3, -0.25) is 9.69 Å². The van der Waals surface area contributed by atoms with E-state index in [0.717, 1.165) is 23.1 Å². The van der Waals surface area contributed by atoms with E-state index in [9.17, 15) is 4.79 Å². The van der Waals surface area contributed by atoms with Gasteiger partial charge >= 0.3 is 0 Å². The van der Waals surface area contributed by atoms with Gasteiger partial charge in [-0.15, -0.1) is 5.10 Å². The molecular weight excluding hydrogens is 354 g/mol. The van der Waals surface area contributed by atoms with Crippen LogP contribution in [0.1, 0.15) is 41.2 Å². The molecule has 1 fully saturated rings. The minimum absolute atomic E-state index is 0.0796. The number of amidine groups is 1. The van der Waals surface area contributed by atoms with Crippen LogP contribution in [0.4, 0.5) is 0 Å². The maximum Gasteiger partial charge on any atom is 0.242 e. The molecule has 27 heavy (non-hydrogen) atoms. The average molecular weight is 380 g/mol. The number of carbonyl (C=O) groups excluding carboxylic acids is 1. The zero-order valence-electron chi connectivity index (χ0n) is 16.3. The molecule has 1 heterocycles. The lowest BCUT2D eigenvalue weighted by molar-refractivity contribution is -0.126. The highest BCUT2D eigenvalue weighted by Crippen LogP contribution is 2.31. The zero-order valence-corrected chi connectivity index (χ0v) is 17.1. The molecule has 0 radical (unpaired) electrons. The molecule has 1 aliphatic heterocycles. The van der Waals surface area contributed by atoms with E-state index < -0.39 is 0 Å². The summed E-state index contributed by atoms with van der Waals surface area (Å²) in [5.74, 6) is 0.117. The minimum atomic E-state index is -0.0796. The second-order valence-corrected chi connectivity index (χ2v) is 8.02. The molecule has 2 aromatic rings. The number of hydrogen-bond acceptors (Lipinski definition) is 4. The molecule has 0 aliphatic carbocycles. The summed E-state index contributed by atoms with van der Waals surface area (Å²) in [7, 11) is 0. The number of thioether (sulfide) groups is 1. The Labute approximate surface area is 165 Å². The SMILES string of the molecule is CC[C@@H]1S/C(=N\N=C/c2ccc(C)cc2C)N(Cc2ccccc2C)C1=O. The molecule has 0 aromatic heterocycles. The van der Waals surface area contributed by atoms with Crippen LogP contribution in [0, 0.1) is 20.8 Å². The second-order valence-electron chi connectivity index (χ2n) is 6.85. The largest absolute Gasteiger partial charge is 0.284 e. The van der Waals surface area contributed by atoms with Gasteiger partial charge in [-0.25, -0.2) is 0 Å². The monoisotopic (exact) mass is 379 g/mol. The van der Waals surface area contributed by atoms with E-state index in [4.69, 9.17) is 0 Å². The van der Waals surface area contributed by atoms with E-state index in [1.54, 1.807) is 11.1 Å². The Morgan fingerprint density at radius 2 is 1.89 bits per heavy atom. The molecule has 3 rings (SSSR count). The first-order valence-electron chi connectivity index (χ1n) is 9.20. The van der Waals surface area contributed by atoms with Crippen LogP contribution in [0.2, 0.25) is 0 Å². The predicted octanol–water partition coefficient (Wildman–Crippen LogP) is 4.86. The van der Waals surface area contributed by atoms with Gasteiger partial charge in [0.2, 0.25) is 5.91 Å². The van der Waals surface area contributed by atoms with Gasteiger partial charge in [0, 0.05) is 0 Å². The molecule has 0 bridgehead atoms. The summed E-state index contributed by atoms with van der Waals surface area (Å²) in [6.07, 6.45) is 2.55. The summed E-state index contributed by atoms with van der Waals surface area (Å²) in [5.41, 5.74) is 5.74. The fraction of sp³-hybridized carbons (Fsp3) is 0.318. The fourth-order valence-electron chi connectivity index (χ4n) is 3.06. The highest BCUT2D eigenvalue weighted by molar-refractivity contribution is 8.15. The maximum absolute atomic E-state index is 12.8. The molecule has 1 aliphatic rings. The van der Waals surface area contributed by atoms with Crippen molar-refractivity contribution in [2.24, 2.45) is 10.2 Å². The van der Waals surface area contributed by atoms with Gasteiger partial charge in [-0.2, -0.15) is 5.10 Å². The standard InChI is InChI=1S/C22H25N3OS/c1-5-20-21(26)25(14-19-9-7-6-8-16(19)3)22(27-20)24-23-13-18-11-10-15(2)12-17(18)4/h6-13,20H,5,14H2,1-4H3/b23-13-,24-22-/t20-/m0/s1. The Bertz CT molecular complexity index is 904. The molecule has 1 saturated heterocycles. The van der Waals surface area contributed by atoms with Crippen molar-refractivity contribution < 1.29 is 4.79 Å². The van der Waals surface area contributed by atoms with E-state index >= 15 is 0 Å². The van der Waals surface area contributed by atoms with Gasteiger partial charge < -0.3 is 0 Å². The number of nitrogens with zero attached hydrogens (tertiary/aromatic N) is 3. The number of carbonyl (C=O) groups is 1. The normalized spacial score (nSPS) is 18.8. The zero-order chi connectivity index (χ0) is 19.4. The smallest absolute Gasteiger partial charge is 0.242 e. The number of aryl methyl sites for hydroxylation is 3. The Kier molecular flexibility index (Phi) is 6.11. The van der Waals surface area contributed by atoms with Crippen LogP contribution in [-0.4, -0.2) is 27.4 Å². The van der Waals surface area contributed by atoms with E-state index in [1.165, 1.54) is 22.9 Å². The fourth-order valence-corrected chi connectivity index (χ4v) is 4.08. The van der Waals surface area contributed by atoms with Crippen LogP contribution >= 0.6 is 11.8 Å². The molecule has 0 saturated carbocycles. The molecule has 1 atom stereocenters. The van der Waals surface area contributed by atoms with Crippen molar-refractivity contribution in [3.05, 3.63) is 70.3 Å². The van der Waals surface area contributed by atoms with Crippen molar-refractivity contribution in [2.75, 3.05) is 0 Å². The van der Waals surface area contributed by atoms with Crippen LogP contribution in [0.5, 0.6) is 0 Å². The highest BCUT2D eigenvalue weighted by atomic mass is 32.2. The van der Waals surface area contributed by atoms with Gasteiger partial charge in [0.05, 0.1) is 18.0 Å². The Balaban J connectivity index is 1.84. The Morgan fingerprint density at radius 3 is 2.59 bits per heavy atom. The van der Waals surface area contributed by atoms with Crippen molar-refractivity contribution in [1.29, 1.82) is 0 Å². The first-order chi connectivity index (χ1) is 13.0. The Hall–Kier alpha value is -2.40. The third kappa shape index (κ3) is 4.48. The van der Waals surface area contributed by atoms with E-state index in [-0.39, 0.29) is 11.2 Å². The van der Waals surface area contributed by atoms with E-state index in [2.05, 4.69) is 55.2 Å². The summed E-state index contributed by atoms with van der Waals surface area (Å²) in [5, 5.41) is 9.27. The number of benzene rings is 2. The van der Waals surface area contributed by atoms with Crippen LogP contribution in [0.15, 0.2) is 52.7 Å². The van der Waals surface area contributed by atoms with Crippen LogP contribution < -0.4 is 0 Å².